The average molecular weight is 160 g/mol. The van der Waals surface area contributed by atoms with E-state index in [1.54, 1.807) is 0 Å². The summed E-state index contributed by atoms with van der Waals surface area (Å²) in [6, 6.07) is 2.15. The molecular weight excluding hydrogens is 148 g/mol. The predicted molar refractivity (Wildman–Crippen MR) is 49.6 cm³/mol. The summed E-state index contributed by atoms with van der Waals surface area (Å²) in [4.78, 5) is 8.57. The van der Waals surface area contributed by atoms with Crippen molar-refractivity contribution < 1.29 is 0 Å². The number of aliphatic imine (C=N–C) groups is 1. The van der Waals surface area contributed by atoms with Gasteiger partial charge >= 0.3 is 0 Å². The van der Waals surface area contributed by atoms with Gasteiger partial charge in [-0.2, -0.15) is 0 Å². The van der Waals surface area contributed by atoms with Crippen LogP contribution in [0.4, 0.5) is 0 Å². The highest BCUT2D eigenvalue weighted by atomic mass is 14.8. The second-order valence-electron chi connectivity index (χ2n) is 3.18. The lowest BCUT2D eigenvalue weighted by molar-refractivity contribution is 0.951. The van der Waals surface area contributed by atoms with Crippen LogP contribution in [0.15, 0.2) is 23.5 Å². The number of rotatable bonds is 1. The molecule has 1 aromatic rings. The van der Waals surface area contributed by atoms with Crippen LogP contribution in [0.25, 0.3) is 0 Å². The van der Waals surface area contributed by atoms with E-state index >= 15 is 0 Å². The van der Waals surface area contributed by atoms with Gasteiger partial charge in [0, 0.05) is 30.2 Å². The van der Waals surface area contributed by atoms with Crippen molar-refractivity contribution in [2.45, 2.75) is 19.8 Å². The molecule has 2 nitrogen and oxygen atoms in total. The quantitative estimate of drug-likeness (QED) is 0.616. The normalized spacial score (nSPS) is 16.2. The van der Waals surface area contributed by atoms with Crippen LogP contribution < -0.4 is 0 Å². The van der Waals surface area contributed by atoms with E-state index in [-0.39, 0.29) is 0 Å². The first-order chi connectivity index (χ1) is 5.86. The maximum atomic E-state index is 4.42. The molecule has 0 saturated heterocycles. The molecule has 1 aliphatic heterocycles. The Morgan fingerprint density at radius 1 is 1.33 bits per heavy atom. The van der Waals surface area contributed by atoms with Crippen molar-refractivity contribution >= 4 is 5.71 Å². The summed E-state index contributed by atoms with van der Waals surface area (Å²) in [7, 11) is 0. The molecule has 2 rings (SSSR count). The highest BCUT2D eigenvalue weighted by Crippen LogP contribution is 2.12. The Balaban J connectivity index is 2.33. The average Bonchev–Trinajstić information content (AvgIpc) is 2.56. The molecule has 0 saturated carbocycles. The van der Waals surface area contributed by atoms with Crippen molar-refractivity contribution in [3.63, 3.8) is 0 Å². The van der Waals surface area contributed by atoms with Gasteiger partial charge in [-0.05, 0) is 31.4 Å². The molecule has 0 spiro atoms. The van der Waals surface area contributed by atoms with Crippen molar-refractivity contribution in [2.24, 2.45) is 4.99 Å². The Morgan fingerprint density at radius 3 is 2.92 bits per heavy atom. The van der Waals surface area contributed by atoms with Gasteiger partial charge in [-0.25, -0.2) is 0 Å². The molecule has 2 heteroatoms. The van der Waals surface area contributed by atoms with Crippen LogP contribution in [0, 0.1) is 6.92 Å². The van der Waals surface area contributed by atoms with Gasteiger partial charge in [-0.3, -0.25) is 9.98 Å². The number of nitrogens with zero attached hydrogens (tertiary/aromatic N) is 2. The van der Waals surface area contributed by atoms with E-state index in [0.29, 0.717) is 0 Å². The van der Waals surface area contributed by atoms with Crippen LogP contribution in [-0.2, 0) is 0 Å². The fourth-order valence-electron chi connectivity index (χ4n) is 1.49. The van der Waals surface area contributed by atoms with Crippen LogP contribution in [0.1, 0.15) is 24.0 Å². The molecule has 0 aliphatic carbocycles. The predicted octanol–water partition coefficient (Wildman–Crippen LogP) is 1.97. The zero-order valence-corrected chi connectivity index (χ0v) is 7.25. The summed E-state index contributed by atoms with van der Waals surface area (Å²) in [5.41, 5.74) is 3.64. The third-order valence-corrected chi connectivity index (χ3v) is 2.08. The van der Waals surface area contributed by atoms with Gasteiger partial charge in [0.1, 0.15) is 0 Å². The monoisotopic (exact) mass is 160 g/mol. The zero-order chi connectivity index (χ0) is 8.39. The van der Waals surface area contributed by atoms with E-state index in [1.165, 1.54) is 23.3 Å². The minimum atomic E-state index is 0.989. The maximum Gasteiger partial charge on any atom is 0.0436 e. The van der Waals surface area contributed by atoms with Gasteiger partial charge in [0.25, 0.3) is 0 Å². The van der Waals surface area contributed by atoms with E-state index in [4.69, 9.17) is 0 Å². The molecule has 0 N–H and O–H groups in total. The topological polar surface area (TPSA) is 25.2 Å². The summed E-state index contributed by atoms with van der Waals surface area (Å²) in [5, 5.41) is 0. The van der Waals surface area contributed by atoms with Gasteiger partial charge in [0.15, 0.2) is 0 Å². The fraction of sp³-hybridized carbons (Fsp3) is 0.400. The molecular formula is C10H12N2. The number of hydrogen-bond donors (Lipinski definition) is 0. The van der Waals surface area contributed by atoms with Crippen molar-refractivity contribution in [3.05, 3.63) is 29.6 Å². The number of aromatic nitrogens is 1. The molecule has 0 atom stereocenters. The largest absolute Gasteiger partial charge is 0.289 e. The first-order valence-corrected chi connectivity index (χ1v) is 4.31. The van der Waals surface area contributed by atoms with Gasteiger partial charge in [-0.1, -0.05) is 0 Å². The first kappa shape index (κ1) is 7.47. The minimum Gasteiger partial charge on any atom is -0.289 e. The highest BCUT2D eigenvalue weighted by Gasteiger charge is 2.08. The van der Waals surface area contributed by atoms with Crippen molar-refractivity contribution in [1.29, 1.82) is 0 Å². The standard InChI is InChI=1S/C10H12N2/c1-8-5-9(7-11-6-8)10-3-2-4-12-10/h5-7H,2-4H2,1H3. The Labute approximate surface area is 72.4 Å². The molecule has 0 amide bonds. The Morgan fingerprint density at radius 2 is 2.25 bits per heavy atom. The summed E-state index contributed by atoms with van der Waals surface area (Å²) in [5.74, 6) is 0. The lowest BCUT2D eigenvalue weighted by atomic mass is 10.1. The zero-order valence-electron chi connectivity index (χ0n) is 7.25. The molecule has 62 valence electrons. The Kier molecular flexibility index (Phi) is 1.90. The maximum absolute atomic E-state index is 4.42. The van der Waals surface area contributed by atoms with Gasteiger partial charge in [-0.15, -0.1) is 0 Å². The van der Waals surface area contributed by atoms with Crippen LogP contribution in [0.3, 0.4) is 0 Å². The van der Waals surface area contributed by atoms with Gasteiger partial charge in [0.05, 0.1) is 0 Å². The van der Waals surface area contributed by atoms with Crippen molar-refractivity contribution in [1.82, 2.24) is 4.98 Å². The molecule has 1 aromatic heterocycles. The van der Waals surface area contributed by atoms with E-state index in [0.717, 1.165) is 13.0 Å². The molecule has 0 fully saturated rings. The van der Waals surface area contributed by atoms with E-state index in [9.17, 15) is 0 Å². The second kappa shape index (κ2) is 3.05. The number of aryl methyl sites for hydroxylation is 1. The Hall–Kier alpha value is -1.18. The smallest absolute Gasteiger partial charge is 0.0436 e. The lowest BCUT2D eigenvalue weighted by Crippen LogP contribution is -1.96. The van der Waals surface area contributed by atoms with E-state index < -0.39 is 0 Å². The van der Waals surface area contributed by atoms with Crippen molar-refractivity contribution in [2.75, 3.05) is 6.54 Å². The highest BCUT2D eigenvalue weighted by molar-refractivity contribution is 6.01. The molecule has 0 radical (unpaired) electrons. The van der Waals surface area contributed by atoms with Crippen LogP contribution >= 0.6 is 0 Å². The summed E-state index contributed by atoms with van der Waals surface area (Å²) >= 11 is 0. The van der Waals surface area contributed by atoms with Crippen LogP contribution in [-0.4, -0.2) is 17.2 Å². The molecule has 0 bridgehead atoms. The summed E-state index contributed by atoms with van der Waals surface area (Å²) in [6.45, 7) is 3.05. The fourth-order valence-corrected chi connectivity index (χ4v) is 1.49. The molecule has 12 heavy (non-hydrogen) atoms. The third kappa shape index (κ3) is 1.37. The van der Waals surface area contributed by atoms with Crippen LogP contribution in [0.5, 0.6) is 0 Å². The summed E-state index contributed by atoms with van der Waals surface area (Å²) < 4.78 is 0. The van der Waals surface area contributed by atoms with E-state index in [1.807, 2.05) is 12.4 Å². The third-order valence-electron chi connectivity index (χ3n) is 2.08. The number of hydrogen-bond acceptors (Lipinski definition) is 2. The van der Waals surface area contributed by atoms with Crippen LogP contribution in [0.2, 0.25) is 0 Å². The molecule has 0 aromatic carbocycles. The molecule has 2 heterocycles. The Bertz CT molecular complexity index is 315. The lowest BCUT2D eigenvalue weighted by Gasteiger charge is -1.99. The number of pyridine rings is 1. The van der Waals surface area contributed by atoms with Crippen molar-refractivity contribution in [3.8, 4) is 0 Å². The minimum absolute atomic E-state index is 0.989. The molecule has 0 unspecified atom stereocenters. The molecule has 1 aliphatic rings. The van der Waals surface area contributed by atoms with E-state index in [2.05, 4.69) is 23.0 Å². The SMILES string of the molecule is Cc1cncc(C2=NCCC2)c1. The first-order valence-electron chi connectivity index (χ1n) is 4.31. The van der Waals surface area contributed by atoms with Gasteiger partial charge in [0.2, 0.25) is 0 Å². The summed E-state index contributed by atoms with van der Waals surface area (Å²) in [6.07, 6.45) is 6.09. The second-order valence-corrected chi connectivity index (χ2v) is 3.18. The van der Waals surface area contributed by atoms with Gasteiger partial charge < -0.3 is 0 Å².